The molecule has 0 saturated carbocycles. The van der Waals surface area contributed by atoms with Crippen LogP contribution < -0.4 is 25.3 Å². The van der Waals surface area contributed by atoms with Crippen molar-refractivity contribution >= 4 is 35.1 Å². The van der Waals surface area contributed by atoms with E-state index >= 15 is 0 Å². The van der Waals surface area contributed by atoms with Crippen molar-refractivity contribution in [3.8, 4) is 46.7 Å². The van der Waals surface area contributed by atoms with Crippen LogP contribution in [0.15, 0.2) is 72.1 Å². The lowest BCUT2D eigenvalue weighted by Gasteiger charge is -2.51. The summed E-state index contributed by atoms with van der Waals surface area (Å²) >= 11 is 6.70. The minimum Gasteiger partial charge on any atom is -0.504 e. The number of hydrogen-bond donors (Lipinski definition) is 5. The number of rotatable bonds is 6. The lowest BCUT2D eigenvalue weighted by atomic mass is 9.85. The number of carbonyl (C=O) groups excluding carboxylic acids is 3. The summed E-state index contributed by atoms with van der Waals surface area (Å²) in [5, 5.41) is 36.6. The molecule has 6 aliphatic rings. The van der Waals surface area contributed by atoms with E-state index in [1.165, 1.54) is 37.5 Å². The summed E-state index contributed by atoms with van der Waals surface area (Å²) in [6.07, 6.45) is -1.46. The number of anilines is 1. The number of phenols is 1. The Morgan fingerprint density at radius 2 is 1.90 bits per heavy atom. The highest BCUT2D eigenvalue weighted by Crippen LogP contribution is 2.44. The third-order valence-corrected chi connectivity index (χ3v) is 10.8. The van der Waals surface area contributed by atoms with Gasteiger partial charge in [-0.25, -0.2) is 4.79 Å². The van der Waals surface area contributed by atoms with Gasteiger partial charge in [-0.15, -0.1) is 0 Å². The molecule has 2 aromatic rings. The van der Waals surface area contributed by atoms with Crippen molar-refractivity contribution in [3.05, 3.63) is 88.2 Å². The monoisotopic (exact) mass is 843 g/mol. The molecule has 17 heteroatoms. The first-order valence-electron chi connectivity index (χ1n) is 18.6. The molecule has 6 N–H and O–H groups in total. The molecule has 1 amide bonds. The molecule has 314 valence electrons. The maximum atomic E-state index is 14.1. The maximum absolute atomic E-state index is 14.1. The van der Waals surface area contributed by atoms with Crippen LogP contribution in [0.4, 0.5) is 5.69 Å². The standard InChI is InChI=1S/C43H42ClN3O13/c1-21-39(52)46-34-26(17-25(54-6)18-30(34)56-21)40(53)57-31-20-55-33(49)19-28(45)23-15-27(44)37(29(48)16-23)58-32-11-7-9-22(31)12-13-24-10-8-14-43(24,32)60-41-36(51)35(50)38(47(4)5)42(2,3)59-41/h8-10,14-18,28,31-32,35-36,38,41,48,50-51H,1,19-20,45H2,2-6H3,(H,46,52)/t28-,31?,32+,35+,36+,38-,41-,43?/m0/s1. The van der Waals surface area contributed by atoms with Gasteiger partial charge in [-0.3, -0.25) is 9.59 Å². The van der Waals surface area contributed by atoms with E-state index in [2.05, 4.69) is 35.6 Å². The Kier molecular flexibility index (Phi) is 11.5. The number of halogens is 1. The molecular weight excluding hydrogens is 802 g/mol. The van der Waals surface area contributed by atoms with E-state index in [0.717, 1.165) is 0 Å². The van der Waals surface area contributed by atoms with Gasteiger partial charge in [0.25, 0.3) is 5.91 Å². The number of aliphatic hydroxyl groups is 2. The number of fused-ring (bicyclic) bond motifs is 9. The Labute approximate surface area is 350 Å². The van der Waals surface area contributed by atoms with Gasteiger partial charge < -0.3 is 64.4 Å². The van der Waals surface area contributed by atoms with Crippen LogP contribution in [0.5, 0.6) is 23.0 Å². The summed E-state index contributed by atoms with van der Waals surface area (Å²) < 4.78 is 41.9. The second-order valence-corrected chi connectivity index (χ2v) is 15.6. The van der Waals surface area contributed by atoms with Crippen LogP contribution in [0.25, 0.3) is 0 Å². The van der Waals surface area contributed by atoms with Crippen LogP contribution in [-0.4, -0.2) is 114 Å². The SMILES string of the molecule is C=C1Oc2cc(OC)cc(C(=O)OC3COC(=O)C[C@H](N)c4cc(O)c(c(Cl)c4)O[C@@H]4C#CC=C3C#CC3=CC=CC34O[C@@H]3OC(C)(C)[C@@H](N(C)C)[C@H](O)[C@H]3O)c2NC1=O. The molecule has 0 aromatic heterocycles. The Morgan fingerprint density at radius 3 is 2.62 bits per heavy atom. The minimum atomic E-state index is -1.80. The molecule has 4 heterocycles. The number of benzene rings is 2. The lowest BCUT2D eigenvalue weighted by Crippen LogP contribution is -2.68. The zero-order valence-electron chi connectivity index (χ0n) is 33.1. The van der Waals surface area contributed by atoms with E-state index in [9.17, 15) is 29.7 Å². The molecule has 2 aromatic carbocycles. The third-order valence-electron chi connectivity index (χ3n) is 10.5. The van der Waals surface area contributed by atoms with Crippen LogP contribution in [0.3, 0.4) is 0 Å². The second-order valence-electron chi connectivity index (χ2n) is 15.2. The number of ether oxygens (including phenoxy) is 7. The van der Waals surface area contributed by atoms with Gasteiger partial charge in [0.05, 0.1) is 47.0 Å². The fourth-order valence-corrected chi connectivity index (χ4v) is 7.88. The highest BCUT2D eigenvalue weighted by molar-refractivity contribution is 6.32. The molecule has 16 nitrogen and oxygen atoms in total. The maximum Gasteiger partial charge on any atom is 0.341 e. The number of aliphatic hydroxyl groups excluding tert-OH is 2. The van der Waals surface area contributed by atoms with Crippen LogP contribution in [-0.2, 0) is 28.5 Å². The van der Waals surface area contributed by atoms with E-state index in [4.69, 9.17) is 50.5 Å². The fraction of sp³-hybridized carbons (Fsp3) is 0.372. The first kappa shape index (κ1) is 42.3. The average Bonchev–Trinajstić information content (AvgIpc) is 3.60. The van der Waals surface area contributed by atoms with Crippen molar-refractivity contribution in [2.75, 3.05) is 33.1 Å². The molecule has 2 unspecified atom stereocenters. The van der Waals surface area contributed by atoms with Crippen LogP contribution in [0.1, 0.15) is 42.2 Å². The number of carbonyl (C=O) groups is 3. The number of nitrogens with two attached hydrogens (primary N) is 1. The summed E-state index contributed by atoms with van der Waals surface area (Å²) in [6.45, 7) is 6.50. The molecule has 4 aliphatic heterocycles. The molecule has 1 fully saturated rings. The van der Waals surface area contributed by atoms with E-state index in [1.54, 1.807) is 51.1 Å². The number of hydrogen-bond acceptors (Lipinski definition) is 15. The van der Waals surface area contributed by atoms with Crippen molar-refractivity contribution in [2.45, 2.75) is 74.3 Å². The van der Waals surface area contributed by atoms with Gasteiger partial charge in [-0.05, 0) is 69.8 Å². The molecular formula is C43H42ClN3O13. The van der Waals surface area contributed by atoms with Crippen molar-refractivity contribution in [1.82, 2.24) is 4.90 Å². The number of nitrogens with one attached hydrogen (secondary N) is 1. The fourth-order valence-electron chi connectivity index (χ4n) is 7.61. The summed E-state index contributed by atoms with van der Waals surface area (Å²) in [4.78, 5) is 41.6. The van der Waals surface area contributed by atoms with Gasteiger partial charge in [-0.2, -0.15) is 0 Å². The summed E-state index contributed by atoms with van der Waals surface area (Å²) in [5.74, 6) is 8.83. The molecule has 2 aliphatic carbocycles. The zero-order valence-corrected chi connectivity index (χ0v) is 33.9. The second kappa shape index (κ2) is 16.3. The molecule has 1 saturated heterocycles. The van der Waals surface area contributed by atoms with E-state index in [1.807, 2.05) is 0 Å². The van der Waals surface area contributed by atoms with Crippen LogP contribution in [0, 0.1) is 23.7 Å². The molecule has 0 radical (unpaired) electrons. The highest BCUT2D eigenvalue weighted by Gasteiger charge is 2.55. The van der Waals surface area contributed by atoms with Gasteiger partial charge in [0.1, 0.15) is 24.6 Å². The number of phenolic OH excluding ortho intramolecular Hbond substituents is 1. The number of methoxy groups -OCH3 is 1. The van der Waals surface area contributed by atoms with Gasteiger partial charge in [0.15, 0.2) is 47.1 Å². The van der Waals surface area contributed by atoms with Gasteiger partial charge in [0.2, 0.25) is 0 Å². The first-order valence-corrected chi connectivity index (χ1v) is 19.0. The predicted octanol–water partition coefficient (Wildman–Crippen LogP) is 2.80. The first-order chi connectivity index (χ1) is 28.4. The smallest absolute Gasteiger partial charge is 0.341 e. The van der Waals surface area contributed by atoms with E-state index in [0.29, 0.717) is 0 Å². The third kappa shape index (κ3) is 7.94. The van der Waals surface area contributed by atoms with E-state index in [-0.39, 0.29) is 62.4 Å². The van der Waals surface area contributed by atoms with Gasteiger partial charge in [-0.1, -0.05) is 42.0 Å². The van der Waals surface area contributed by atoms with Crippen LogP contribution >= 0.6 is 11.6 Å². The lowest BCUT2D eigenvalue weighted by molar-refractivity contribution is -0.329. The largest absolute Gasteiger partial charge is 0.504 e. The van der Waals surface area contributed by atoms with Crippen molar-refractivity contribution < 1.29 is 62.9 Å². The number of amides is 1. The number of aromatic hydroxyl groups is 1. The molecule has 60 heavy (non-hydrogen) atoms. The Hall–Kier alpha value is -5.82. The topological polar surface area (TPSA) is 218 Å². The number of nitrogens with zero attached hydrogens (tertiary/aromatic N) is 1. The number of esters is 2. The zero-order chi connectivity index (χ0) is 43.3. The van der Waals surface area contributed by atoms with Gasteiger partial charge in [0, 0.05) is 23.8 Å². The summed E-state index contributed by atoms with van der Waals surface area (Å²) in [6, 6.07) is 3.83. The van der Waals surface area contributed by atoms with Gasteiger partial charge >= 0.3 is 11.9 Å². The normalized spacial score (nSPS) is 29.0. The van der Waals surface area contributed by atoms with E-state index < -0.39 is 84.2 Å². The highest BCUT2D eigenvalue weighted by atomic mass is 35.5. The van der Waals surface area contributed by atoms with Crippen molar-refractivity contribution in [3.63, 3.8) is 0 Å². The summed E-state index contributed by atoms with van der Waals surface area (Å²) in [5.41, 5.74) is 3.86. The van der Waals surface area contributed by atoms with Crippen molar-refractivity contribution in [2.24, 2.45) is 5.73 Å². The predicted molar refractivity (Wildman–Crippen MR) is 214 cm³/mol. The van der Waals surface area contributed by atoms with Crippen LogP contribution in [0.2, 0.25) is 5.02 Å². The Bertz CT molecular complexity index is 2360. The van der Waals surface area contributed by atoms with Crippen molar-refractivity contribution in [1.29, 1.82) is 0 Å². The average molecular weight is 844 g/mol. The quantitative estimate of drug-likeness (QED) is 0.161. The Morgan fingerprint density at radius 1 is 1.13 bits per heavy atom. The summed E-state index contributed by atoms with van der Waals surface area (Å²) in [7, 11) is 4.87. The Balaban J connectivity index is 1.34. The molecule has 8 atom stereocenters. The molecule has 0 spiro atoms. The molecule has 4 bridgehead atoms. The number of likely N-dealkylation sites (N-methyl/N-ethyl adjacent to an activating group) is 1. The number of allylic oxidation sites excluding steroid dienone is 3. The minimum absolute atomic E-state index is 0.0160. The molecule has 8 rings (SSSR count).